The Hall–Kier alpha value is -3.67. The Bertz CT molecular complexity index is 1070. The number of amides is 5. The zero-order valence-corrected chi connectivity index (χ0v) is 25.0. The molecule has 1 aromatic carbocycles. The summed E-state index contributed by atoms with van der Waals surface area (Å²) in [7, 11) is 1.54. The maximum absolute atomic E-state index is 13.5. The van der Waals surface area contributed by atoms with Gasteiger partial charge < -0.3 is 36.0 Å². The summed E-state index contributed by atoms with van der Waals surface area (Å²) in [6.07, 6.45) is -0.965. The van der Waals surface area contributed by atoms with Gasteiger partial charge in [0.15, 0.2) is 0 Å². The van der Waals surface area contributed by atoms with Crippen molar-refractivity contribution in [2.45, 2.75) is 84.7 Å². The van der Waals surface area contributed by atoms with Gasteiger partial charge >= 0.3 is 0 Å². The first kappa shape index (κ1) is 33.5. The lowest BCUT2D eigenvalue weighted by Crippen LogP contribution is -2.57. The van der Waals surface area contributed by atoms with Crippen molar-refractivity contribution in [1.29, 1.82) is 0 Å². The zero-order valence-electron chi connectivity index (χ0n) is 25.0. The van der Waals surface area contributed by atoms with Gasteiger partial charge in [0.2, 0.25) is 23.6 Å². The Kier molecular flexibility index (Phi) is 12.6. The first-order chi connectivity index (χ1) is 19.2. The summed E-state index contributed by atoms with van der Waals surface area (Å²) in [5.74, 6) is -2.41. The lowest BCUT2D eigenvalue weighted by Gasteiger charge is -2.31. The number of rotatable bonds is 7. The highest BCUT2D eigenvalue weighted by Crippen LogP contribution is 2.14. The molecule has 0 saturated carbocycles. The molecule has 12 heteroatoms. The molecule has 12 nitrogen and oxygen atoms in total. The zero-order chi connectivity index (χ0) is 30.9. The Morgan fingerprint density at radius 1 is 0.927 bits per heavy atom. The van der Waals surface area contributed by atoms with Crippen LogP contribution in [0, 0.1) is 11.8 Å². The summed E-state index contributed by atoms with van der Waals surface area (Å²) in [6.45, 7) is 9.83. The average molecular weight is 576 g/mol. The van der Waals surface area contributed by atoms with Gasteiger partial charge in [0, 0.05) is 19.0 Å². The van der Waals surface area contributed by atoms with Gasteiger partial charge in [-0.1, -0.05) is 39.8 Å². The predicted octanol–water partition coefficient (Wildman–Crippen LogP) is 0.122. The van der Waals surface area contributed by atoms with Crippen LogP contribution in [0.25, 0.3) is 0 Å². The number of hydrogen-bond acceptors (Lipinski definition) is 7. The quantitative estimate of drug-likeness (QED) is 0.308. The summed E-state index contributed by atoms with van der Waals surface area (Å²) < 4.78 is 5.20. The number of hydrogen-bond donors (Lipinski definition) is 5. The minimum atomic E-state index is -1.37. The standard InChI is InChI=1S/C29H45N5O7/c1-16(2)12-22-28(39)32-23(13-20-8-10-21(41-7)11-9-20)27(38)30-18(5)26(37)33-24(17(3)4)14-34(15-25(36)31-22)29(40)19(6)35/h8-11,16-19,22-24,35H,12-15H2,1-7H3,(H,30,38)(H,31,36)(H,32,39)(H,33,37)/t18-,19-,22+,23+,24-/m1/s1. The van der Waals surface area contributed by atoms with E-state index in [1.165, 1.54) is 18.7 Å². The third-order valence-corrected chi connectivity index (χ3v) is 6.90. The van der Waals surface area contributed by atoms with E-state index in [4.69, 9.17) is 4.74 Å². The number of nitrogens with zero attached hydrogens (tertiary/aromatic N) is 1. The second kappa shape index (κ2) is 15.4. The van der Waals surface area contributed by atoms with Crippen molar-refractivity contribution >= 4 is 29.5 Å². The van der Waals surface area contributed by atoms with Gasteiger partial charge in [0.05, 0.1) is 13.7 Å². The van der Waals surface area contributed by atoms with E-state index in [0.717, 1.165) is 5.56 Å². The molecule has 0 radical (unpaired) electrons. The number of carbonyl (C=O) groups excluding carboxylic acids is 5. The van der Waals surface area contributed by atoms with E-state index in [2.05, 4.69) is 21.3 Å². The minimum absolute atomic E-state index is 0.0179. The SMILES string of the molecule is COc1ccc(C[C@@H]2NC(=O)[C@H](CC(C)C)NC(=O)CN(C(=O)[C@@H](C)O)C[C@H](C(C)C)NC(=O)[C@@H](C)NC2=O)cc1. The van der Waals surface area contributed by atoms with Crippen LogP contribution in [0.3, 0.4) is 0 Å². The Balaban J connectivity index is 2.48. The van der Waals surface area contributed by atoms with E-state index >= 15 is 0 Å². The van der Waals surface area contributed by atoms with Crippen LogP contribution in [0.15, 0.2) is 24.3 Å². The van der Waals surface area contributed by atoms with E-state index in [0.29, 0.717) is 5.75 Å². The number of carbonyl (C=O) groups is 5. The van der Waals surface area contributed by atoms with Crippen molar-refractivity contribution < 1.29 is 33.8 Å². The number of nitrogens with one attached hydrogen (secondary N) is 4. The largest absolute Gasteiger partial charge is 0.497 e. The first-order valence-corrected chi connectivity index (χ1v) is 14.0. The molecule has 5 N–H and O–H groups in total. The van der Waals surface area contributed by atoms with Gasteiger partial charge in [-0.3, -0.25) is 24.0 Å². The van der Waals surface area contributed by atoms with E-state index in [9.17, 15) is 29.1 Å². The molecule has 0 unspecified atom stereocenters. The van der Waals surface area contributed by atoms with Crippen LogP contribution in [-0.4, -0.2) is 90.0 Å². The first-order valence-electron chi connectivity index (χ1n) is 14.0. The molecule has 5 atom stereocenters. The molecule has 0 bridgehead atoms. The lowest BCUT2D eigenvalue weighted by atomic mass is 10.0. The van der Waals surface area contributed by atoms with Crippen molar-refractivity contribution in [1.82, 2.24) is 26.2 Å². The highest BCUT2D eigenvalue weighted by atomic mass is 16.5. The van der Waals surface area contributed by atoms with Crippen LogP contribution in [0.4, 0.5) is 0 Å². The van der Waals surface area contributed by atoms with Gasteiger partial charge in [-0.25, -0.2) is 0 Å². The molecule has 1 fully saturated rings. The van der Waals surface area contributed by atoms with Gasteiger partial charge in [-0.15, -0.1) is 0 Å². The summed E-state index contributed by atoms with van der Waals surface area (Å²) in [5.41, 5.74) is 0.748. The van der Waals surface area contributed by atoms with Gasteiger partial charge in [-0.05, 0) is 49.8 Å². The second-order valence-corrected chi connectivity index (χ2v) is 11.3. The van der Waals surface area contributed by atoms with Gasteiger partial charge in [0.1, 0.15) is 30.0 Å². The maximum Gasteiger partial charge on any atom is 0.251 e. The molecule has 2 rings (SSSR count). The lowest BCUT2D eigenvalue weighted by molar-refractivity contribution is -0.143. The summed E-state index contributed by atoms with van der Waals surface area (Å²) in [5, 5.41) is 21.0. The topological polar surface area (TPSA) is 166 Å². The van der Waals surface area contributed by atoms with Crippen LogP contribution in [-0.2, 0) is 30.4 Å². The number of methoxy groups -OCH3 is 1. The number of ether oxygens (including phenoxy) is 1. The van der Waals surface area contributed by atoms with E-state index in [-0.39, 0.29) is 31.2 Å². The van der Waals surface area contributed by atoms with Crippen LogP contribution < -0.4 is 26.0 Å². The second-order valence-electron chi connectivity index (χ2n) is 11.3. The summed E-state index contributed by atoms with van der Waals surface area (Å²) in [4.78, 5) is 67.1. The highest BCUT2D eigenvalue weighted by molar-refractivity contribution is 5.95. The van der Waals surface area contributed by atoms with Crippen LogP contribution in [0.2, 0.25) is 0 Å². The van der Waals surface area contributed by atoms with Crippen molar-refractivity contribution in [3.05, 3.63) is 29.8 Å². The fourth-order valence-corrected chi connectivity index (χ4v) is 4.44. The summed E-state index contributed by atoms with van der Waals surface area (Å²) >= 11 is 0. The fourth-order valence-electron chi connectivity index (χ4n) is 4.44. The molecule has 0 spiro atoms. The van der Waals surface area contributed by atoms with Crippen molar-refractivity contribution in [3.8, 4) is 5.75 Å². The molecule has 1 aliphatic heterocycles. The molecule has 1 aliphatic rings. The molecule has 1 aromatic rings. The van der Waals surface area contributed by atoms with Crippen molar-refractivity contribution in [2.24, 2.45) is 11.8 Å². The molecular formula is C29H45N5O7. The van der Waals surface area contributed by atoms with Crippen LogP contribution in [0.5, 0.6) is 5.75 Å². The van der Waals surface area contributed by atoms with E-state index in [1.807, 2.05) is 27.7 Å². The normalized spacial score (nSPS) is 24.0. The van der Waals surface area contributed by atoms with E-state index in [1.54, 1.807) is 31.4 Å². The van der Waals surface area contributed by atoms with Gasteiger partial charge in [-0.2, -0.15) is 0 Å². The van der Waals surface area contributed by atoms with Crippen molar-refractivity contribution in [2.75, 3.05) is 20.2 Å². The minimum Gasteiger partial charge on any atom is -0.497 e. The summed E-state index contributed by atoms with van der Waals surface area (Å²) in [6, 6.07) is 3.46. The van der Waals surface area contributed by atoms with E-state index < -0.39 is 66.4 Å². The monoisotopic (exact) mass is 575 g/mol. The molecular weight excluding hydrogens is 530 g/mol. The number of aliphatic hydroxyl groups excluding tert-OH is 1. The average Bonchev–Trinajstić information content (AvgIpc) is 2.90. The van der Waals surface area contributed by atoms with Gasteiger partial charge in [0.25, 0.3) is 5.91 Å². The molecule has 0 aliphatic carbocycles. The number of benzene rings is 1. The Morgan fingerprint density at radius 3 is 2.07 bits per heavy atom. The smallest absolute Gasteiger partial charge is 0.251 e. The van der Waals surface area contributed by atoms with Crippen LogP contribution in [0.1, 0.15) is 53.5 Å². The molecule has 41 heavy (non-hydrogen) atoms. The highest BCUT2D eigenvalue weighted by Gasteiger charge is 2.33. The molecule has 5 amide bonds. The molecule has 0 aromatic heterocycles. The Morgan fingerprint density at radius 2 is 1.54 bits per heavy atom. The maximum atomic E-state index is 13.5. The predicted molar refractivity (Wildman–Crippen MR) is 153 cm³/mol. The van der Waals surface area contributed by atoms with Crippen LogP contribution >= 0.6 is 0 Å². The molecule has 1 saturated heterocycles. The number of aliphatic hydroxyl groups is 1. The molecule has 228 valence electrons. The Labute approximate surface area is 241 Å². The third kappa shape index (κ3) is 10.3. The van der Waals surface area contributed by atoms with Crippen molar-refractivity contribution in [3.63, 3.8) is 0 Å². The fraction of sp³-hybridized carbons (Fsp3) is 0.621. The molecule has 1 heterocycles. The third-order valence-electron chi connectivity index (χ3n) is 6.90.